The van der Waals surface area contributed by atoms with Crippen LogP contribution >= 0.6 is 11.3 Å². The first kappa shape index (κ1) is 30.0. The van der Waals surface area contributed by atoms with Gasteiger partial charge in [0.1, 0.15) is 18.2 Å². The molecule has 13 nitrogen and oxygen atoms in total. The second kappa shape index (κ2) is 11.1. The van der Waals surface area contributed by atoms with Crippen LogP contribution < -0.4 is 14.9 Å². The van der Waals surface area contributed by atoms with Crippen molar-refractivity contribution in [3.8, 4) is 10.4 Å². The highest BCUT2D eigenvalue weighted by molar-refractivity contribution is 7.89. The summed E-state index contributed by atoms with van der Waals surface area (Å²) in [5, 5.41) is 13.0. The smallest absolute Gasteiger partial charge is 0.407 e. The van der Waals surface area contributed by atoms with E-state index >= 15 is 0 Å². The van der Waals surface area contributed by atoms with E-state index < -0.39 is 22.2 Å². The molecule has 232 valence electrons. The number of fused-ring (bicyclic) bond motifs is 1. The number of amides is 3. The van der Waals surface area contributed by atoms with Gasteiger partial charge < -0.3 is 15.3 Å². The van der Waals surface area contributed by atoms with Gasteiger partial charge in [-0.3, -0.25) is 19.4 Å². The summed E-state index contributed by atoms with van der Waals surface area (Å²) in [4.78, 5) is 51.9. The lowest BCUT2D eigenvalue weighted by molar-refractivity contribution is -0.121. The van der Waals surface area contributed by atoms with Crippen LogP contribution in [0.4, 0.5) is 21.6 Å². The number of aromatic nitrogens is 2. The molecular formula is C29H33N7O6S2. The average molecular weight is 640 g/mol. The number of pyridine rings is 1. The Labute approximate surface area is 259 Å². The fourth-order valence-electron chi connectivity index (χ4n) is 5.96. The first-order valence-corrected chi connectivity index (χ1v) is 16.6. The lowest BCUT2D eigenvalue weighted by Gasteiger charge is -2.37. The Morgan fingerprint density at radius 1 is 1.16 bits per heavy atom. The number of nitrogens with one attached hydrogen (secondary N) is 2. The molecule has 1 aliphatic carbocycles. The van der Waals surface area contributed by atoms with Crippen molar-refractivity contribution in [2.75, 3.05) is 30.4 Å². The summed E-state index contributed by atoms with van der Waals surface area (Å²) in [7, 11) is -2.60. The van der Waals surface area contributed by atoms with Crippen LogP contribution in [0.5, 0.6) is 0 Å². The van der Waals surface area contributed by atoms with E-state index in [1.54, 1.807) is 36.1 Å². The highest BCUT2D eigenvalue weighted by Gasteiger charge is 2.41. The average Bonchev–Trinajstić information content (AvgIpc) is 3.69. The zero-order valence-electron chi connectivity index (χ0n) is 24.7. The van der Waals surface area contributed by atoms with Gasteiger partial charge in [-0.2, -0.15) is 0 Å². The van der Waals surface area contributed by atoms with Crippen molar-refractivity contribution < 1.29 is 27.9 Å². The highest BCUT2D eigenvalue weighted by Crippen LogP contribution is 2.42. The van der Waals surface area contributed by atoms with Crippen LogP contribution in [0.15, 0.2) is 35.2 Å². The van der Waals surface area contributed by atoms with Crippen molar-refractivity contribution in [1.29, 1.82) is 0 Å². The molecule has 0 bridgehead atoms. The molecule has 2 fully saturated rings. The van der Waals surface area contributed by atoms with Crippen LogP contribution in [0.1, 0.15) is 48.3 Å². The molecule has 4 heterocycles. The normalized spacial score (nSPS) is 19.4. The van der Waals surface area contributed by atoms with Crippen LogP contribution in [0.25, 0.3) is 10.4 Å². The number of rotatable bonds is 8. The van der Waals surface area contributed by atoms with Crippen LogP contribution in [-0.4, -0.2) is 83.4 Å². The lowest BCUT2D eigenvalue weighted by atomic mass is 10.0. The zero-order valence-corrected chi connectivity index (χ0v) is 26.3. The van der Waals surface area contributed by atoms with Gasteiger partial charge in [0.15, 0.2) is 5.13 Å². The second-order valence-corrected chi connectivity index (χ2v) is 14.3. The molecule has 2 aliphatic heterocycles. The van der Waals surface area contributed by atoms with Crippen LogP contribution in [0.2, 0.25) is 0 Å². The van der Waals surface area contributed by atoms with Gasteiger partial charge in [-0.15, -0.1) is 0 Å². The molecule has 3 aliphatic rings. The van der Waals surface area contributed by atoms with E-state index in [4.69, 9.17) is 0 Å². The van der Waals surface area contributed by atoms with E-state index in [0.29, 0.717) is 46.1 Å². The molecule has 3 amide bonds. The second-order valence-electron chi connectivity index (χ2n) is 11.4. The molecule has 3 N–H and O–H groups in total. The Kier molecular flexibility index (Phi) is 7.58. The van der Waals surface area contributed by atoms with Gasteiger partial charge in [-0.25, -0.2) is 27.9 Å². The maximum absolute atomic E-state index is 13.5. The monoisotopic (exact) mass is 639 g/mol. The van der Waals surface area contributed by atoms with Crippen molar-refractivity contribution in [1.82, 2.24) is 24.5 Å². The predicted molar refractivity (Wildman–Crippen MR) is 165 cm³/mol. The summed E-state index contributed by atoms with van der Waals surface area (Å²) in [6.45, 7) is 5.89. The van der Waals surface area contributed by atoms with Crippen molar-refractivity contribution in [2.45, 2.75) is 57.1 Å². The number of carbonyl (C=O) groups is 3. The van der Waals surface area contributed by atoms with Crippen LogP contribution in [-0.2, 0) is 21.4 Å². The topological polar surface area (TPSA) is 165 Å². The van der Waals surface area contributed by atoms with E-state index in [1.807, 2.05) is 19.9 Å². The van der Waals surface area contributed by atoms with Crippen molar-refractivity contribution in [3.63, 3.8) is 0 Å². The number of aryl methyl sites for hydroxylation is 1. The summed E-state index contributed by atoms with van der Waals surface area (Å²) in [6.07, 6.45) is 0.996. The Balaban J connectivity index is 1.29. The largest absolute Gasteiger partial charge is 0.465 e. The number of benzene rings is 1. The zero-order chi connectivity index (χ0) is 31.5. The summed E-state index contributed by atoms with van der Waals surface area (Å²) >= 11 is 1.32. The van der Waals surface area contributed by atoms with E-state index in [9.17, 15) is 27.9 Å². The van der Waals surface area contributed by atoms with Crippen molar-refractivity contribution >= 4 is 56.0 Å². The first-order valence-electron chi connectivity index (χ1n) is 14.3. The molecule has 15 heteroatoms. The van der Waals surface area contributed by atoms with Gasteiger partial charge in [0.25, 0.3) is 5.91 Å². The molecule has 2 aromatic heterocycles. The Hall–Kier alpha value is -4.08. The van der Waals surface area contributed by atoms with Crippen LogP contribution in [0, 0.1) is 12.8 Å². The van der Waals surface area contributed by atoms with E-state index in [1.165, 1.54) is 23.3 Å². The molecule has 0 spiro atoms. The minimum absolute atomic E-state index is 0.0343. The lowest BCUT2D eigenvalue weighted by Crippen LogP contribution is -2.57. The summed E-state index contributed by atoms with van der Waals surface area (Å²) in [5.41, 5.74) is 2.21. The van der Waals surface area contributed by atoms with E-state index in [2.05, 4.69) is 20.0 Å². The minimum atomic E-state index is -3.93. The Morgan fingerprint density at radius 2 is 1.91 bits per heavy atom. The standard InChI is InChI=1S/C29H33N7O6S2/c1-15-12-34(29(39)40)14-24(37)36(15)23-7-5-6-22(32-23)33-28-31-16(2)26(43-28)19-10-20-13-35(17(3)18-8-9-18)27(38)25(20)21(11-19)44(41,42)30-4/h5-7,10-11,15,17-18,30H,8-9,12-14H2,1-4H3,(H,39,40)(H,31,32,33)/t15-,17?/m1/s1. The quantitative estimate of drug-likeness (QED) is 0.334. The fraction of sp³-hybridized carbons (Fsp3) is 0.414. The maximum Gasteiger partial charge on any atom is 0.407 e. The predicted octanol–water partition coefficient (Wildman–Crippen LogP) is 3.63. The third-order valence-corrected chi connectivity index (χ3v) is 11.0. The number of carboxylic acid groups (broad SMARTS) is 1. The summed E-state index contributed by atoms with van der Waals surface area (Å²) in [5.74, 6) is 0.645. The molecular weight excluding hydrogens is 606 g/mol. The molecule has 3 aromatic rings. The van der Waals surface area contributed by atoms with Crippen molar-refractivity contribution in [3.05, 3.63) is 47.2 Å². The fourth-order valence-corrected chi connectivity index (χ4v) is 7.91. The number of thiazole rings is 1. The number of anilines is 3. The van der Waals surface area contributed by atoms with Gasteiger partial charge in [0, 0.05) is 19.1 Å². The highest BCUT2D eigenvalue weighted by atomic mass is 32.2. The molecule has 1 saturated carbocycles. The molecule has 44 heavy (non-hydrogen) atoms. The maximum atomic E-state index is 13.5. The Bertz CT molecular complexity index is 1790. The molecule has 2 atom stereocenters. The molecule has 1 saturated heterocycles. The number of hydrogen-bond donors (Lipinski definition) is 3. The molecule has 0 radical (unpaired) electrons. The minimum Gasteiger partial charge on any atom is -0.465 e. The third-order valence-electron chi connectivity index (χ3n) is 8.42. The van der Waals surface area contributed by atoms with Gasteiger partial charge in [-0.1, -0.05) is 17.4 Å². The number of piperazine rings is 1. The van der Waals surface area contributed by atoms with Crippen LogP contribution in [0.3, 0.4) is 0 Å². The van der Waals surface area contributed by atoms with E-state index in [-0.39, 0.29) is 41.4 Å². The summed E-state index contributed by atoms with van der Waals surface area (Å²) in [6, 6.07) is 8.23. The van der Waals surface area contributed by atoms with Gasteiger partial charge in [-0.05, 0) is 82.0 Å². The summed E-state index contributed by atoms with van der Waals surface area (Å²) < 4.78 is 28.6. The third kappa shape index (κ3) is 5.39. The number of hydrogen-bond acceptors (Lipinski definition) is 9. The van der Waals surface area contributed by atoms with Gasteiger partial charge in [0.05, 0.1) is 27.1 Å². The first-order chi connectivity index (χ1) is 20.9. The van der Waals surface area contributed by atoms with E-state index in [0.717, 1.165) is 22.6 Å². The number of sulfonamides is 1. The molecule has 1 aromatic carbocycles. The SMILES string of the molecule is CNS(=O)(=O)c1cc(-c2sc(Nc3cccc(N4C(=O)CN(C(=O)O)C[C@H]4C)n3)nc2C)cc2c1C(=O)N(C(C)C1CC1)C2. The molecule has 1 unspecified atom stereocenters. The van der Waals surface area contributed by atoms with Gasteiger partial charge in [0.2, 0.25) is 15.9 Å². The number of carbonyl (C=O) groups excluding carboxylic acids is 2. The Morgan fingerprint density at radius 3 is 2.57 bits per heavy atom. The number of nitrogens with zero attached hydrogens (tertiary/aromatic N) is 5. The van der Waals surface area contributed by atoms with Crippen molar-refractivity contribution in [2.24, 2.45) is 5.92 Å². The molecule has 6 rings (SSSR count). The van der Waals surface area contributed by atoms with Gasteiger partial charge >= 0.3 is 6.09 Å².